The third kappa shape index (κ3) is 1.90. The molecule has 0 saturated carbocycles. The Balaban J connectivity index is 2.36. The quantitative estimate of drug-likeness (QED) is 0.861. The Morgan fingerprint density at radius 2 is 2.00 bits per heavy atom. The van der Waals surface area contributed by atoms with Crippen LogP contribution in [0.25, 0.3) is 0 Å². The molecule has 1 aromatic heterocycles. The van der Waals surface area contributed by atoms with E-state index in [0.29, 0.717) is 11.4 Å². The van der Waals surface area contributed by atoms with Crippen molar-refractivity contribution in [2.75, 3.05) is 5.73 Å². The van der Waals surface area contributed by atoms with Gasteiger partial charge in [0.15, 0.2) is 0 Å². The first-order chi connectivity index (χ1) is 7.72. The van der Waals surface area contributed by atoms with Gasteiger partial charge in [-0.3, -0.25) is 0 Å². The molecule has 0 amide bonds. The van der Waals surface area contributed by atoms with Gasteiger partial charge in [-0.15, -0.1) is 0 Å². The molecule has 0 saturated heterocycles. The Labute approximate surface area is 98.5 Å². The zero-order chi connectivity index (χ0) is 11.5. The number of benzene rings is 1. The number of hydrogen-bond donors (Lipinski definition) is 1. The lowest BCUT2D eigenvalue weighted by atomic mass is 10.4. The molecule has 0 radical (unpaired) electrons. The van der Waals surface area contributed by atoms with Crippen molar-refractivity contribution in [2.24, 2.45) is 7.05 Å². The van der Waals surface area contributed by atoms with Gasteiger partial charge in [0.1, 0.15) is 16.8 Å². The van der Waals surface area contributed by atoms with Gasteiger partial charge >= 0.3 is 0 Å². The van der Waals surface area contributed by atoms with Crippen LogP contribution in [-0.4, -0.2) is 4.57 Å². The smallest absolute Gasteiger partial charge is 0.122 e. The molecule has 0 bridgehead atoms. The minimum atomic E-state index is 0.580. The van der Waals surface area contributed by atoms with E-state index in [9.17, 15) is 0 Å². The highest BCUT2D eigenvalue weighted by atomic mass is 32.2. The van der Waals surface area contributed by atoms with Crippen LogP contribution >= 0.6 is 11.8 Å². The summed E-state index contributed by atoms with van der Waals surface area (Å²) in [4.78, 5) is 1.11. The lowest BCUT2D eigenvalue weighted by molar-refractivity contribution is 0.817. The lowest BCUT2D eigenvalue weighted by Gasteiger charge is -2.04. The van der Waals surface area contributed by atoms with E-state index in [4.69, 9.17) is 11.0 Å². The van der Waals surface area contributed by atoms with Gasteiger partial charge in [-0.2, -0.15) is 5.26 Å². The summed E-state index contributed by atoms with van der Waals surface area (Å²) in [6, 6.07) is 13.8. The van der Waals surface area contributed by atoms with Gasteiger partial charge in [-0.05, 0) is 18.2 Å². The van der Waals surface area contributed by atoms with Gasteiger partial charge in [-0.25, -0.2) is 0 Å². The van der Waals surface area contributed by atoms with Crippen LogP contribution in [-0.2, 0) is 7.05 Å². The van der Waals surface area contributed by atoms with E-state index >= 15 is 0 Å². The van der Waals surface area contributed by atoms with Crippen LogP contribution < -0.4 is 5.73 Å². The fourth-order valence-electron chi connectivity index (χ4n) is 1.44. The first-order valence-electron chi connectivity index (χ1n) is 4.80. The van der Waals surface area contributed by atoms with Crippen LogP contribution in [0.15, 0.2) is 46.3 Å². The SMILES string of the molecule is Cn1c(C#N)cc(N)c1Sc1ccccc1. The Hall–Kier alpha value is -1.86. The molecule has 2 aromatic rings. The highest BCUT2D eigenvalue weighted by Gasteiger charge is 2.10. The summed E-state index contributed by atoms with van der Waals surface area (Å²) in [5, 5.41) is 9.79. The van der Waals surface area contributed by atoms with E-state index in [-0.39, 0.29) is 0 Å². The molecule has 80 valence electrons. The lowest BCUT2D eigenvalue weighted by Crippen LogP contribution is -1.94. The van der Waals surface area contributed by atoms with Crippen molar-refractivity contribution in [3.63, 3.8) is 0 Å². The van der Waals surface area contributed by atoms with E-state index in [2.05, 4.69) is 6.07 Å². The third-order valence-corrected chi connectivity index (χ3v) is 3.49. The Kier molecular flexibility index (Phi) is 2.88. The zero-order valence-corrected chi connectivity index (χ0v) is 9.66. The molecule has 1 heterocycles. The molecule has 0 fully saturated rings. The van der Waals surface area contributed by atoms with E-state index in [1.54, 1.807) is 17.8 Å². The highest BCUT2D eigenvalue weighted by Crippen LogP contribution is 2.33. The van der Waals surface area contributed by atoms with Gasteiger partial charge in [-0.1, -0.05) is 30.0 Å². The first-order valence-corrected chi connectivity index (χ1v) is 5.62. The highest BCUT2D eigenvalue weighted by molar-refractivity contribution is 7.99. The number of anilines is 1. The molecule has 1 aromatic carbocycles. The molecule has 0 atom stereocenters. The topological polar surface area (TPSA) is 54.7 Å². The fraction of sp³-hybridized carbons (Fsp3) is 0.0833. The molecule has 3 nitrogen and oxygen atoms in total. The number of nitrogens with zero attached hydrogens (tertiary/aromatic N) is 2. The molecular weight excluding hydrogens is 218 g/mol. The number of nitriles is 1. The molecule has 0 unspecified atom stereocenters. The molecule has 0 aliphatic carbocycles. The molecule has 0 aliphatic heterocycles. The summed E-state index contributed by atoms with van der Waals surface area (Å²) < 4.78 is 1.81. The Morgan fingerprint density at radius 1 is 1.31 bits per heavy atom. The van der Waals surface area contributed by atoms with Crippen molar-refractivity contribution in [2.45, 2.75) is 9.92 Å². The van der Waals surface area contributed by atoms with Gasteiger partial charge < -0.3 is 10.3 Å². The Bertz CT molecular complexity index is 537. The van der Waals surface area contributed by atoms with Gasteiger partial charge in [0.2, 0.25) is 0 Å². The maximum atomic E-state index is 8.89. The molecule has 2 N–H and O–H groups in total. The largest absolute Gasteiger partial charge is 0.397 e. The predicted molar refractivity (Wildman–Crippen MR) is 65.1 cm³/mol. The molecule has 0 aliphatic rings. The third-order valence-electron chi connectivity index (χ3n) is 2.28. The zero-order valence-electron chi connectivity index (χ0n) is 8.84. The number of hydrogen-bond acceptors (Lipinski definition) is 3. The minimum Gasteiger partial charge on any atom is -0.397 e. The van der Waals surface area contributed by atoms with Crippen molar-refractivity contribution in [3.05, 3.63) is 42.1 Å². The van der Waals surface area contributed by atoms with Gasteiger partial charge in [0.25, 0.3) is 0 Å². The maximum Gasteiger partial charge on any atom is 0.122 e. The fourth-order valence-corrected chi connectivity index (χ4v) is 2.37. The second kappa shape index (κ2) is 4.33. The van der Waals surface area contributed by atoms with Gasteiger partial charge in [0.05, 0.1) is 5.69 Å². The Morgan fingerprint density at radius 3 is 2.56 bits per heavy atom. The standard InChI is InChI=1S/C12H11N3S/c1-15-9(8-13)7-11(14)12(15)16-10-5-3-2-4-6-10/h2-7H,14H2,1H3. The van der Waals surface area contributed by atoms with Crippen LogP contribution in [0.1, 0.15) is 5.69 Å². The van der Waals surface area contributed by atoms with E-state index < -0.39 is 0 Å². The summed E-state index contributed by atoms with van der Waals surface area (Å²) in [6.45, 7) is 0. The summed E-state index contributed by atoms with van der Waals surface area (Å²) in [7, 11) is 1.85. The average Bonchev–Trinajstić information content (AvgIpc) is 2.58. The number of nitrogens with two attached hydrogens (primary N) is 1. The van der Waals surface area contributed by atoms with Crippen molar-refractivity contribution in [1.29, 1.82) is 5.26 Å². The van der Waals surface area contributed by atoms with Crippen molar-refractivity contribution < 1.29 is 0 Å². The summed E-state index contributed by atoms with van der Waals surface area (Å²) in [5.74, 6) is 0. The first kappa shape index (κ1) is 10.7. The normalized spacial score (nSPS) is 10.0. The van der Waals surface area contributed by atoms with Crippen LogP contribution in [0.3, 0.4) is 0 Å². The summed E-state index contributed by atoms with van der Waals surface area (Å²) in [5.41, 5.74) is 7.10. The summed E-state index contributed by atoms with van der Waals surface area (Å²) >= 11 is 1.56. The number of aromatic nitrogens is 1. The number of nitrogen functional groups attached to an aromatic ring is 1. The molecule has 4 heteroatoms. The van der Waals surface area contributed by atoms with Crippen LogP contribution in [0.5, 0.6) is 0 Å². The van der Waals surface area contributed by atoms with E-state index in [1.807, 2.05) is 41.9 Å². The maximum absolute atomic E-state index is 8.89. The predicted octanol–water partition coefficient (Wildman–Crippen LogP) is 2.63. The van der Waals surface area contributed by atoms with Crippen LogP contribution in [0.2, 0.25) is 0 Å². The second-order valence-corrected chi connectivity index (χ2v) is 4.44. The van der Waals surface area contributed by atoms with Crippen molar-refractivity contribution in [3.8, 4) is 6.07 Å². The van der Waals surface area contributed by atoms with Gasteiger partial charge in [0, 0.05) is 11.9 Å². The monoisotopic (exact) mass is 229 g/mol. The summed E-state index contributed by atoms with van der Waals surface area (Å²) in [6.07, 6.45) is 0. The van der Waals surface area contributed by atoms with E-state index in [1.165, 1.54) is 0 Å². The second-order valence-electron chi connectivity index (χ2n) is 3.38. The van der Waals surface area contributed by atoms with Crippen LogP contribution in [0, 0.1) is 11.3 Å². The average molecular weight is 229 g/mol. The molecule has 0 spiro atoms. The van der Waals surface area contributed by atoms with Crippen molar-refractivity contribution in [1.82, 2.24) is 4.57 Å². The van der Waals surface area contributed by atoms with Crippen LogP contribution in [0.4, 0.5) is 5.69 Å². The van der Waals surface area contributed by atoms with E-state index in [0.717, 1.165) is 9.92 Å². The molecule has 16 heavy (non-hydrogen) atoms. The molecular formula is C12H11N3S. The molecule has 2 rings (SSSR count). The minimum absolute atomic E-state index is 0.580. The number of rotatable bonds is 2. The van der Waals surface area contributed by atoms with Crippen molar-refractivity contribution >= 4 is 17.4 Å².